The lowest BCUT2D eigenvalue weighted by Crippen LogP contribution is -2.25. The van der Waals surface area contributed by atoms with E-state index in [1.54, 1.807) is 0 Å². The second-order valence-corrected chi connectivity index (χ2v) is 5.95. The second kappa shape index (κ2) is 4.91. The van der Waals surface area contributed by atoms with E-state index < -0.39 is 0 Å². The summed E-state index contributed by atoms with van der Waals surface area (Å²) in [6.07, 6.45) is 0.411. The van der Waals surface area contributed by atoms with Crippen molar-refractivity contribution in [3.05, 3.63) is 34.9 Å². The Bertz CT molecular complexity index is 415. The Balaban J connectivity index is 3.21. The van der Waals surface area contributed by atoms with Gasteiger partial charge in [0.2, 0.25) is 5.91 Å². The summed E-state index contributed by atoms with van der Waals surface area (Å²) >= 11 is 0. The van der Waals surface area contributed by atoms with Crippen LogP contribution in [0.2, 0.25) is 0 Å². The molecule has 0 saturated carbocycles. The van der Waals surface area contributed by atoms with E-state index in [1.807, 2.05) is 0 Å². The third-order valence-electron chi connectivity index (χ3n) is 3.26. The number of hydrogen-bond donors (Lipinski definition) is 1. The summed E-state index contributed by atoms with van der Waals surface area (Å²) in [7, 11) is 0. The lowest BCUT2D eigenvalue weighted by Gasteiger charge is -2.31. The first-order valence-electron chi connectivity index (χ1n) is 6.07. The number of hydrogen-bond acceptors (Lipinski definition) is 1. The van der Waals surface area contributed by atoms with Crippen LogP contribution >= 0.6 is 0 Å². The van der Waals surface area contributed by atoms with Gasteiger partial charge in [0.1, 0.15) is 0 Å². The van der Waals surface area contributed by atoms with Gasteiger partial charge in [0.05, 0.1) is 0 Å². The zero-order valence-corrected chi connectivity index (χ0v) is 11.5. The van der Waals surface area contributed by atoms with Crippen molar-refractivity contribution in [3.63, 3.8) is 0 Å². The Hall–Kier alpha value is -1.31. The van der Waals surface area contributed by atoms with Gasteiger partial charge in [0.15, 0.2) is 0 Å². The summed E-state index contributed by atoms with van der Waals surface area (Å²) in [4.78, 5) is 11.2. The van der Waals surface area contributed by atoms with Gasteiger partial charge in [-0.1, -0.05) is 44.5 Å². The van der Waals surface area contributed by atoms with Gasteiger partial charge in [0.25, 0.3) is 0 Å². The van der Waals surface area contributed by atoms with Gasteiger partial charge in [-0.15, -0.1) is 0 Å². The quantitative estimate of drug-likeness (QED) is 0.855. The lowest BCUT2D eigenvalue weighted by molar-refractivity contribution is -0.118. The first-order valence-corrected chi connectivity index (χ1v) is 6.07. The molecule has 0 saturated heterocycles. The van der Waals surface area contributed by atoms with Crippen LogP contribution in [0.3, 0.4) is 0 Å². The summed E-state index contributed by atoms with van der Waals surface area (Å²) in [5.41, 5.74) is 9.12. The number of nitrogens with two attached hydrogens (primary N) is 1. The fourth-order valence-corrected chi connectivity index (χ4v) is 2.22. The van der Waals surface area contributed by atoms with Crippen molar-refractivity contribution in [2.24, 2.45) is 11.1 Å². The number of primary amides is 1. The zero-order valence-electron chi connectivity index (χ0n) is 11.5. The summed E-state index contributed by atoms with van der Waals surface area (Å²) in [6.45, 7) is 10.6. The molecule has 2 nitrogen and oxygen atoms in total. The zero-order chi connectivity index (χ0) is 13.2. The largest absolute Gasteiger partial charge is 0.370 e. The van der Waals surface area contributed by atoms with Crippen molar-refractivity contribution in [2.75, 3.05) is 0 Å². The fourth-order valence-electron chi connectivity index (χ4n) is 2.22. The number of rotatable bonds is 3. The molecule has 1 amide bonds. The molecule has 0 aliphatic heterocycles. The Labute approximate surface area is 104 Å². The van der Waals surface area contributed by atoms with Crippen molar-refractivity contribution >= 4 is 5.91 Å². The average Bonchev–Trinajstić information content (AvgIpc) is 2.16. The summed E-state index contributed by atoms with van der Waals surface area (Å²) in [6, 6.07) is 6.39. The lowest BCUT2D eigenvalue weighted by atomic mass is 9.73. The molecule has 1 unspecified atom stereocenters. The van der Waals surface area contributed by atoms with Crippen LogP contribution in [0.1, 0.15) is 49.8 Å². The molecule has 0 aliphatic rings. The third-order valence-corrected chi connectivity index (χ3v) is 3.26. The van der Waals surface area contributed by atoms with E-state index in [0.29, 0.717) is 6.42 Å². The van der Waals surface area contributed by atoms with Crippen molar-refractivity contribution in [2.45, 2.75) is 47.0 Å². The van der Waals surface area contributed by atoms with Crippen molar-refractivity contribution in [3.8, 4) is 0 Å². The number of amides is 1. The van der Waals surface area contributed by atoms with Gasteiger partial charge in [-0.25, -0.2) is 0 Å². The van der Waals surface area contributed by atoms with E-state index in [9.17, 15) is 4.79 Å². The topological polar surface area (TPSA) is 43.1 Å². The first kappa shape index (κ1) is 13.8. The predicted molar refractivity (Wildman–Crippen MR) is 71.9 cm³/mol. The molecule has 1 aromatic carbocycles. The van der Waals surface area contributed by atoms with E-state index in [-0.39, 0.29) is 17.2 Å². The van der Waals surface area contributed by atoms with E-state index in [0.717, 1.165) is 0 Å². The van der Waals surface area contributed by atoms with Crippen molar-refractivity contribution in [1.82, 2.24) is 0 Å². The van der Waals surface area contributed by atoms with Crippen LogP contribution in [0.4, 0.5) is 0 Å². The smallest absolute Gasteiger partial charge is 0.218 e. The SMILES string of the molecule is Cc1ccc(C)c(C(CC(N)=O)C(C)(C)C)c1. The van der Waals surface area contributed by atoms with Crippen LogP contribution in [0.15, 0.2) is 18.2 Å². The number of carbonyl (C=O) groups is 1. The van der Waals surface area contributed by atoms with Gasteiger partial charge < -0.3 is 5.73 Å². The highest BCUT2D eigenvalue weighted by Crippen LogP contribution is 2.39. The van der Waals surface area contributed by atoms with E-state index in [1.165, 1.54) is 16.7 Å². The second-order valence-electron chi connectivity index (χ2n) is 5.95. The van der Waals surface area contributed by atoms with Gasteiger partial charge in [-0.3, -0.25) is 4.79 Å². The van der Waals surface area contributed by atoms with Gasteiger partial charge >= 0.3 is 0 Å². The van der Waals surface area contributed by atoms with Crippen LogP contribution in [0, 0.1) is 19.3 Å². The van der Waals surface area contributed by atoms with E-state index in [4.69, 9.17) is 5.73 Å². The molecule has 0 bridgehead atoms. The normalized spacial score (nSPS) is 13.5. The van der Waals surface area contributed by atoms with Crippen LogP contribution in [-0.4, -0.2) is 5.91 Å². The molecule has 1 atom stereocenters. The minimum absolute atomic E-state index is 0.0353. The molecular weight excluding hydrogens is 210 g/mol. The Kier molecular flexibility index (Phi) is 3.97. The average molecular weight is 233 g/mol. The molecular formula is C15H23NO. The Morgan fingerprint density at radius 3 is 2.35 bits per heavy atom. The van der Waals surface area contributed by atoms with Gasteiger partial charge in [-0.05, 0) is 36.3 Å². The monoisotopic (exact) mass is 233 g/mol. The maximum atomic E-state index is 11.2. The molecule has 94 valence electrons. The van der Waals surface area contributed by atoms with Crippen molar-refractivity contribution in [1.29, 1.82) is 0 Å². The Morgan fingerprint density at radius 1 is 1.29 bits per heavy atom. The van der Waals surface area contributed by atoms with Crippen LogP contribution in [0.5, 0.6) is 0 Å². The number of benzene rings is 1. The van der Waals surface area contributed by atoms with E-state index >= 15 is 0 Å². The molecule has 0 aromatic heterocycles. The molecule has 2 N–H and O–H groups in total. The molecule has 1 rings (SSSR count). The fraction of sp³-hybridized carbons (Fsp3) is 0.533. The molecule has 0 fully saturated rings. The minimum atomic E-state index is -0.231. The molecule has 0 spiro atoms. The van der Waals surface area contributed by atoms with Crippen LogP contribution in [0.25, 0.3) is 0 Å². The molecule has 17 heavy (non-hydrogen) atoms. The first-order chi connectivity index (χ1) is 7.71. The molecule has 0 aliphatic carbocycles. The highest BCUT2D eigenvalue weighted by molar-refractivity contribution is 5.75. The van der Waals surface area contributed by atoms with Gasteiger partial charge in [-0.2, -0.15) is 0 Å². The molecule has 0 heterocycles. The van der Waals surface area contributed by atoms with Crippen LogP contribution in [-0.2, 0) is 4.79 Å². The number of carbonyl (C=O) groups excluding carboxylic acids is 1. The molecule has 2 heteroatoms. The summed E-state index contributed by atoms with van der Waals surface area (Å²) in [5, 5.41) is 0. The van der Waals surface area contributed by atoms with Gasteiger partial charge in [0, 0.05) is 6.42 Å². The minimum Gasteiger partial charge on any atom is -0.370 e. The van der Waals surface area contributed by atoms with E-state index in [2.05, 4.69) is 52.8 Å². The maximum absolute atomic E-state index is 11.2. The molecule has 0 radical (unpaired) electrons. The Morgan fingerprint density at radius 2 is 1.88 bits per heavy atom. The summed E-state index contributed by atoms with van der Waals surface area (Å²) in [5.74, 6) is -0.0502. The summed E-state index contributed by atoms with van der Waals surface area (Å²) < 4.78 is 0. The third kappa shape index (κ3) is 3.58. The standard InChI is InChI=1S/C15H23NO/c1-10-6-7-11(2)12(8-10)13(9-14(16)17)15(3,4)5/h6-8,13H,9H2,1-5H3,(H2,16,17). The maximum Gasteiger partial charge on any atom is 0.218 e. The molecule has 1 aromatic rings. The number of aryl methyl sites for hydroxylation is 2. The highest BCUT2D eigenvalue weighted by atomic mass is 16.1. The predicted octanol–water partition coefficient (Wildman–Crippen LogP) is 3.31. The highest BCUT2D eigenvalue weighted by Gasteiger charge is 2.28. The van der Waals surface area contributed by atoms with Crippen molar-refractivity contribution < 1.29 is 4.79 Å². The van der Waals surface area contributed by atoms with Crippen LogP contribution < -0.4 is 5.73 Å².